The molecule has 0 saturated heterocycles. The van der Waals surface area contributed by atoms with Crippen molar-refractivity contribution in [1.82, 2.24) is 0 Å². The number of rotatable bonds is 0. The summed E-state index contributed by atoms with van der Waals surface area (Å²) in [5.74, 6) is -2.52. The van der Waals surface area contributed by atoms with Crippen LogP contribution in [0.5, 0.6) is 0 Å². The fourth-order valence-electron chi connectivity index (χ4n) is 1.74. The standard InChI is InChI=1S/C16H20O7/c1-10-5-4-6-14(18)22-11(2)9-16(20)23-12(3)13(17)7-8-15(19)21-10/h4,6-8,10-12H,5,9H2,1-3H3/b6-4+,8-7+/t10-,11-,12-/m0/s1. The van der Waals surface area contributed by atoms with Crippen molar-refractivity contribution < 1.29 is 33.4 Å². The molecule has 126 valence electrons. The smallest absolute Gasteiger partial charge is 0.331 e. The summed E-state index contributed by atoms with van der Waals surface area (Å²) in [7, 11) is 0. The molecule has 0 unspecified atom stereocenters. The summed E-state index contributed by atoms with van der Waals surface area (Å²) < 4.78 is 15.0. The van der Waals surface area contributed by atoms with Crippen LogP contribution >= 0.6 is 0 Å². The van der Waals surface area contributed by atoms with Gasteiger partial charge in [-0.1, -0.05) is 6.08 Å². The second-order valence-electron chi connectivity index (χ2n) is 5.20. The van der Waals surface area contributed by atoms with Crippen LogP contribution in [0, 0.1) is 0 Å². The number of esters is 3. The van der Waals surface area contributed by atoms with E-state index in [2.05, 4.69) is 0 Å². The van der Waals surface area contributed by atoms with Gasteiger partial charge in [-0.15, -0.1) is 0 Å². The summed E-state index contributed by atoms with van der Waals surface area (Å²) in [5, 5.41) is 0. The minimum atomic E-state index is -1.04. The van der Waals surface area contributed by atoms with Gasteiger partial charge in [-0.05, 0) is 26.8 Å². The van der Waals surface area contributed by atoms with Crippen molar-refractivity contribution in [1.29, 1.82) is 0 Å². The first-order valence-electron chi connectivity index (χ1n) is 7.27. The van der Waals surface area contributed by atoms with Gasteiger partial charge in [-0.3, -0.25) is 9.59 Å². The van der Waals surface area contributed by atoms with Crippen LogP contribution < -0.4 is 0 Å². The van der Waals surface area contributed by atoms with E-state index < -0.39 is 42.0 Å². The molecule has 1 heterocycles. The minimum absolute atomic E-state index is 0.167. The first-order chi connectivity index (χ1) is 10.8. The fraction of sp³-hybridized carbons (Fsp3) is 0.500. The highest BCUT2D eigenvalue weighted by Gasteiger charge is 2.19. The molecule has 0 radical (unpaired) electrons. The van der Waals surface area contributed by atoms with Crippen LogP contribution in [0.3, 0.4) is 0 Å². The predicted molar refractivity (Wildman–Crippen MR) is 79.2 cm³/mol. The van der Waals surface area contributed by atoms with Crippen LogP contribution in [0.25, 0.3) is 0 Å². The number of hydrogen-bond donors (Lipinski definition) is 0. The molecule has 0 aromatic carbocycles. The lowest BCUT2D eigenvalue weighted by atomic mass is 10.2. The Kier molecular flexibility index (Phi) is 7.18. The van der Waals surface area contributed by atoms with Crippen molar-refractivity contribution in [3.63, 3.8) is 0 Å². The molecular weight excluding hydrogens is 304 g/mol. The summed E-state index contributed by atoms with van der Waals surface area (Å²) in [5.41, 5.74) is 0. The molecule has 1 rings (SSSR count). The van der Waals surface area contributed by atoms with Crippen LogP contribution in [-0.4, -0.2) is 42.0 Å². The fourth-order valence-corrected chi connectivity index (χ4v) is 1.74. The largest absolute Gasteiger partial charge is 0.459 e. The molecule has 0 saturated carbocycles. The van der Waals surface area contributed by atoms with E-state index in [4.69, 9.17) is 14.2 Å². The molecule has 7 nitrogen and oxygen atoms in total. The molecule has 0 spiro atoms. The van der Waals surface area contributed by atoms with E-state index in [1.165, 1.54) is 19.1 Å². The zero-order chi connectivity index (χ0) is 17.4. The maximum atomic E-state index is 11.7. The van der Waals surface area contributed by atoms with Gasteiger partial charge in [0.05, 0.1) is 6.42 Å². The molecule has 0 aliphatic carbocycles. The number of hydrogen-bond acceptors (Lipinski definition) is 7. The number of ether oxygens (including phenoxy) is 3. The molecule has 1 aliphatic heterocycles. The lowest BCUT2D eigenvalue weighted by molar-refractivity contribution is -0.157. The average Bonchev–Trinajstić information content (AvgIpc) is 2.43. The van der Waals surface area contributed by atoms with Gasteiger partial charge in [-0.25, -0.2) is 9.59 Å². The zero-order valence-corrected chi connectivity index (χ0v) is 13.3. The van der Waals surface area contributed by atoms with Crippen molar-refractivity contribution in [2.75, 3.05) is 0 Å². The van der Waals surface area contributed by atoms with Gasteiger partial charge in [0.25, 0.3) is 0 Å². The van der Waals surface area contributed by atoms with E-state index in [0.717, 1.165) is 12.2 Å². The molecule has 0 bridgehead atoms. The average molecular weight is 324 g/mol. The maximum Gasteiger partial charge on any atom is 0.331 e. The van der Waals surface area contributed by atoms with Crippen molar-refractivity contribution >= 4 is 23.7 Å². The molecule has 0 aromatic rings. The van der Waals surface area contributed by atoms with E-state index >= 15 is 0 Å². The molecule has 0 amide bonds. The zero-order valence-electron chi connectivity index (χ0n) is 13.3. The molecule has 0 N–H and O–H groups in total. The highest BCUT2D eigenvalue weighted by atomic mass is 16.6. The van der Waals surface area contributed by atoms with Gasteiger partial charge in [0, 0.05) is 18.6 Å². The molecule has 0 aromatic heterocycles. The third-order valence-corrected chi connectivity index (χ3v) is 2.90. The quantitative estimate of drug-likeness (QED) is 0.489. The minimum Gasteiger partial charge on any atom is -0.459 e. The Morgan fingerprint density at radius 1 is 0.826 bits per heavy atom. The van der Waals surface area contributed by atoms with Crippen molar-refractivity contribution in [3.8, 4) is 0 Å². The monoisotopic (exact) mass is 324 g/mol. The second kappa shape index (κ2) is 8.87. The first-order valence-corrected chi connectivity index (χ1v) is 7.27. The summed E-state index contributed by atoms with van der Waals surface area (Å²) in [4.78, 5) is 46.5. The summed E-state index contributed by atoms with van der Waals surface area (Å²) in [6, 6.07) is 0. The van der Waals surface area contributed by atoms with E-state index in [1.807, 2.05) is 0 Å². The lowest BCUT2D eigenvalue weighted by Crippen LogP contribution is -2.26. The number of cyclic esters (lactones) is 3. The van der Waals surface area contributed by atoms with Crippen molar-refractivity contribution in [2.24, 2.45) is 0 Å². The lowest BCUT2D eigenvalue weighted by Gasteiger charge is -2.14. The van der Waals surface area contributed by atoms with Gasteiger partial charge < -0.3 is 14.2 Å². The Labute approximate surface area is 134 Å². The maximum absolute atomic E-state index is 11.7. The highest BCUT2D eigenvalue weighted by molar-refractivity contribution is 5.99. The van der Waals surface area contributed by atoms with E-state index in [0.29, 0.717) is 6.42 Å². The summed E-state index contributed by atoms with van der Waals surface area (Å²) in [6.07, 6.45) is 2.67. The molecule has 0 fully saturated rings. The Balaban J connectivity index is 2.84. The van der Waals surface area contributed by atoms with Gasteiger partial charge in [-0.2, -0.15) is 0 Å². The van der Waals surface area contributed by atoms with Crippen molar-refractivity contribution in [2.45, 2.75) is 51.9 Å². The van der Waals surface area contributed by atoms with E-state index in [1.54, 1.807) is 13.8 Å². The number of carbonyl (C=O) groups excluding carboxylic acids is 4. The molecule has 7 heteroatoms. The molecular formula is C16H20O7. The first kappa shape index (κ1) is 18.6. The number of ketones is 1. The van der Waals surface area contributed by atoms with Gasteiger partial charge in [0.2, 0.25) is 0 Å². The Morgan fingerprint density at radius 2 is 1.43 bits per heavy atom. The second-order valence-corrected chi connectivity index (χ2v) is 5.20. The van der Waals surface area contributed by atoms with Gasteiger partial charge in [0.15, 0.2) is 11.9 Å². The molecule has 23 heavy (non-hydrogen) atoms. The summed E-state index contributed by atoms with van der Waals surface area (Å²) >= 11 is 0. The topological polar surface area (TPSA) is 96.0 Å². The number of carbonyl (C=O) groups is 4. The molecule has 1 aliphatic rings. The van der Waals surface area contributed by atoms with Crippen LogP contribution in [-0.2, 0) is 33.4 Å². The van der Waals surface area contributed by atoms with Crippen LogP contribution in [0.15, 0.2) is 24.3 Å². The van der Waals surface area contributed by atoms with Crippen LogP contribution in [0.2, 0.25) is 0 Å². The Morgan fingerprint density at radius 3 is 2.13 bits per heavy atom. The Hall–Kier alpha value is -2.44. The van der Waals surface area contributed by atoms with E-state index in [9.17, 15) is 19.2 Å². The van der Waals surface area contributed by atoms with Gasteiger partial charge >= 0.3 is 17.9 Å². The SMILES string of the molecule is C[C@@H]1OC(=O)C[C@H](C)OC(=O)/C=C/C[C@H](C)OC(=O)/C=C/C1=O. The van der Waals surface area contributed by atoms with Gasteiger partial charge in [0.1, 0.15) is 12.2 Å². The van der Waals surface area contributed by atoms with E-state index in [-0.39, 0.29) is 6.42 Å². The predicted octanol–water partition coefficient (Wildman–Crippen LogP) is 1.26. The van der Waals surface area contributed by atoms with Crippen molar-refractivity contribution in [3.05, 3.63) is 24.3 Å². The third-order valence-electron chi connectivity index (χ3n) is 2.90. The normalized spacial score (nSPS) is 30.8. The van der Waals surface area contributed by atoms with Crippen LogP contribution in [0.1, 0.15) is 33.6 Å². The Bertz CT molecular complexity index is 533. The van der Waals surface area contributed by atoms with Crippen LogP contribution in [0.4, 0.5) is 0 Å². The summed E-state index contributed by atoms with van der Waals surface area (Å²) in [6.45, 7) is 4.59. The molecule has 3 atom stereocenters. The highest BCUT2D eigenvalue weighted by Crippen LogP contribution is 2.06. The third kappa shape index (κ3) is 7.39.